The molecule has 2 aliphatic heterocycles. The predicted octanol–water partition coefficient (Wildman–Crippen LogP) is 4.13. The molecule has 1 atom stereocenters. The lowest BCUT2D eigenvalue weighted by atomic mass is 9.86. The molecule has 2 saturated heterocycles. The Hall–Kier alpha value is -3.16. The lowest BCUT2D eigenvalue weighted by Crippen LogP contribution is -2.49. The van der Waals surface area contributed by atoms with Gasteiger partial charge in [0, 0.05) is 43.1 Å². The number of amides is 2. The molecular weight excluding hydrogens is 402 g/mol. The van der Waals surface area contributed by atoms with Gasteiger partial charge in [-0.1, -0.05) is 31.0 Å². The Kier molecular flexibility index (Phi) is 5.92. The average Bonchev–Trinajstić information content (AvgIpc) is 3.14. The average molecular weight is 434 g/mol. The molecule has 1 aromatic carbocycles. The van der Waals surface area contributed by atoms with Crippen LogP contribution in [0.25, 0.3) is 5.78 Å². The molecule has 0 unspecified atom stereocenters. The summed E-state index contributed by atoms with van der Waals surface area (Å²) in [5.41, 5.74) is 1.82. The molecule has 0 bridgehead atoms. The molecule has 2 fully saturated rings. The maximum absolute atomic E-state index is 13.2. The number of aromatic nitrogens is 4. The van der Waals surface area contributed by atoms with E-state index in [1.54, 1.807) is 6.33 Å². The van der Waals surface area contributed by atoms with E-state index in [9.17, 15) is 4.79 Å². The number of urea groups is 1. The summed E-state index contributed by atoms with van der Waals surface area (Å²) in [6.45, 7) is 4.74. The van der Waals surface area contributed by atoms with Crippen LogP contribution in [-0.2, 0) is 0 Å². The molecule has 0 radical (unpaired) electrons. The Bertz CT molecular complexity index is 1060. The van der Waals surface area contributed by atoms with Crippen molar-refractivity contribution in [2.24, 2.45) is 5.92 Å². The number of piperidine rings is 1. The highest BCUT2D eigenvalue weighted by molar-refractivity contribution is 5.89. The van der Waals surface area contributed by atoms with Gasteiger partial charge in [0.15, 0.2) is 0 Å². The van der Waals surface area contributed by atoms with Crippen molar-refractivity contribution in [3.8, 4) is 0 Å². The Morgan fingerprint density at radius 2 is 1.84 bits per heavy atom. The molecule has 32 heavy (non-hydrogen) atoms. The number of nitrogens with zero attached hydrogens (tertiary/aromatic N) is 6. The van der Waals surface area contributed by atoms with E-state index in [2.05, 4.69) is 36.2 Å². The Morgan fingerprint density at radius 3 is 2.66 bits per heavy atom. The number of carbonyl (C=O) groups is 1. The third-order valence-corrected chi connectivity index (χ3v) is 6.85. The fraction of sp³-hybridized carbons (Fsp3) is 0.500. The van der Waals surface area contributed by atoms with Gasteiger partial charge in [0.05, 0.1) is 0 Å². The summed E-state index contributed by atoms with van der Waals surface area (Å²) in [4.78, 5) is 26.4. The summed E-state index contributed by atoms with van der Waals surface area (Å²) < 4.78 is 1.83. The molecule has 8 nitrogen and oxygen atoms in total. The van der Waals surface area contributed by atoms with E-state index < -0.39 is 0 Å². The zero-order chi connectivity index (χ0) is 21.9. The summed E-state index contributed by atoms with van der Waals surface area (Å²) in [5.74, 6) is 2.22. The zero-order valence-electron chi connectivity index (χ0n) is 18.7. The Balaban J connectivity index is 1.29. The number of hydrogen-bond donors (Lipinski definition) is 1. The van der Waals surface area contributed by atoms with Crippen LogP contribution in [0.1, 0.15) is 44.2 Å². The SMILES string of the molecule is Cc1cc(N2CCC([C@H]3CCCCCN3C(=O)Nc3ccccc3)CC2)n2ncnc2n1. The van der Waals surface area contributed by atoms with Crippen LogP contribution in [0.2, 0.25) is 0 Å². The maximum atomic E-state index is 13.2. The van der Waals surface area contributed by atoms with Gasteiger partial charge in [0.25, 0.3) is 5.78 Å². The number of carbonyl (C=O) groups excluding carboxylic acids is 1. The molecule has 0 saturated carbocycles. The number of para-hydroxylation sites is 1. The lowest BCUT2D eigenvalue weighted by molar-refractivity contribution is 0.146. The van der Waals surface area contributed by atoms with E-state index in [1.807, 2.05) is 41.8 Å². The first-order valence-electron chi connectivity index (χ1n) is 11.7. The normalized spacial score (nSPS) is 20.3. The highest BCUT2D eigenvalue weighted by Crippen LogP contribution is 2.32. The second-order valence-electron chi connectivity index (χ2n) is 8.96. The molecule has 0 spiro atoms. The van der Waals surface area contributed by atoms with Crippen molar-refractivity contribution in [2.45, 2.75) is 51.5 Å². The quantitative estimate of drug-likeness (QED) is 0.672. The van der Waals surface area contributed by atoms with Crippen LogP contribution in [0.15, 0.2) is 42.7 Å². The molecular formula is C24H31N7O. The number of hydrogen-bond acceptors (Lipinski definition) is 5. The first-order chi connectivity index (χ1) is 15.7. The fourth-order valence-electron chi connectivity index (χ4n) is 5.24. The van der Waals surface area contributed by atoms with Gasteiger partial charge in [-0.3, -0.25) is 0 Å². The molecule has 8 heteroatoms. The zero-order valence-corrected chi connectivity index (χ0v) is 18.7. The van der Waals surface area contributed by atoms with Crippen LogP contribution in [0.3, 0.4) is 0 Å². The number of likely N-dealkylation sites (tertiary alicyclic amines) is 1. The number of fused-ring (bicyclic) bond motifs is 1. The van der Waals surface area contributed by atoms with E-state index in [-0.39, 0.29) is 6.03 Å². The third-order valence-electron chi connectivity index (χ3n) is 6.85. The maximum Gasteiger partial charge on any atom is 0.322 e. The first-order valence-corrected chi connectivity index (χ1v) is 11.7. The van der Waals surface area contributed by atoms with Crippen molar-refractivity contribution >= 4 is 23.3 Å². The van der Waals surface area contributed by atoms with E-state index in [1.165, 1.54) is 12.8 Å². The molecule has 2 aliphatic rings. The predicted molar refractivity (Wildman–Crippen MR) is 125 cm³/mol. The second-order valence-corrected chi connectivity index (χ2v) is 8.96. The minimum absolute atomic E-state index is 0.0413. The van der Waals surface area contributed by atoms with Crippen molar-refractivity contribution in [3.05, 3.63) is 48.4 Å². The molecule has 168 valence electrons. The van der Waals surface area contributed by atoms with Gasteiger partial charge in [-0.2, -0.15) is 14.6 Å². The summed E-state index contributed by atoms with van der Waals surface area (Å²) in [7, 11) is 0. The van der Waals surface area contributed by atoms with Crippen LogP contribution in [0, 0.1) is 12.8 Å². The topological polar surface area (TPSA) is 78.7 Å². The summed E-state index contributed by atoms with van der Waals surface area (Å²) in [6.07, 6.45) is 8.27. The van der Waals surface area contributed by atoms with Crippen molar-refractivity contribution in [2.75, 3.05) is 29.9 Å². The summed E-state index contributed by atoms with van der Waals surface area (Å²) in [5, 5.41) is 7.49. The standard InChI is InChI=1S/C24H31N7O/c1-18-16-22(31-23(27-18)25-17-26-31)29-14-11-19(12-15-29)21-10-6-3-7-13-30(21)24(32)28-20-8-4-2-5-9-20/h2,4-5,8-9,16-17,19,21H,3,6-7,10-15H2,1H3,(H,28,32)/t21-/m1/s1. The van der Waals surface area contributed by atoms with Crippen LogP contribution in [0.4, 0.5) is 16.3 Å². The van der Waals surface area contributed by atoms with Crippen LogP contribution in [0.5, 0.6) is 0 Å². The largest absolute Gasteiger partial charge is 0.356 e. The number of anilines is 2. The highest BCUT2D eigenvalue weighted by Gasteiger charge is 2.34. The number of aryl methyl sites for hydroxylation is 1. The number of nitrogens with one attached hydrogen (secondary N) is 1. The van der Waals surface area contributed by atoms with E-state index in [4.69, 9.17) is 0 Å². The third kappa shape index (κ3) is 4.26. The molecule has 2 aromatic heterocycles. The first kappa shape index (κ1) is 20.7. The number of rotatable bonds is 3. The molecule has 4 heterocycles. The minimum Gasteiger partial charge on any atom is -0.356 e. The lowest BCUT2D eigenvalue weighted by Gasteiger charge is -2.41. The summed E-state index contributed by atoms with van der Waals surface area (Å²) >= 11 is 0. The van der Waals surface area contributed by atoms with Gasteiger partial charge in [-0.25, -0.2) is 9.78 Å². The van der Waals surface area contributed by atoms with Crippen molar-refractivity contribution < 1.29 is 4.79 Å². The number of benzene rings is 1. The smallest absolute Gasteiger partial charge is 0.322 e. The van der Waals surface area contributed by atoms with Gasteiger partial charge >= 0.3 is 6.03 Å². The van der Waals surface area contributed by atoms with Gasteiger partial charge in [-0.05, 0) is 50.7 Å². The molecule has 5 rings (SSSR count). The van der Waals surface area contributed by atoms with E-state index >= 15 is 0 Å². The molecule has 1 N–H and O–H groups in total. The molecule has 2 amide bonds. The minimum atomic E-state index is 0.0413. The van der Waals surface area contributed by atoms with E-state index in [0.29, 0.717) is 17.7 Å². The monoisotopic (exact) mass is 433 g/mol. The van der Waals surface area contributed by atoms with Gasteiger partial charge in [-0.15, -0.1) is 0 Å². The second kappa shape index (κ2) is 9.14. The van der Waals surface area contributed by atoms with Gasteiger partial charge < -0.3 is 15.1 Å². The fourth-order valence-corrected chi connectivity index (χ4v) is 5.24. The Labute approximate surface area is 188 Å². The molecule has 3 aromatic rings. The van der Waals surface area contributed by atoms with Gasteiger partial charge in [0.1, 0.15) is 12.1 Å². The summed E-state index contributed by atoms with van der Waals surface area (Å²) in [6, 6.07) is 12.2. The highest BCUT2D eigenvalue weighted by atomic mass is 16.2. The van der Waals surface area contributed by atoms with Crippen LogP contribution >= 0.6 is 0 Å². The van der Waals surface area contributed by atoms with Crippen LogP contribution in [-0.4, -0.2) is 56.2 Å². The van der Waals surface area contributed by atoms with Gasteiger partial charge in [0.2, 0.25) is 0 Å². The van der Waals surface area contributed by atoms with Crippen molar-refractivity contribution in [1.29, 1.82) is 0 Å². The van der Waals surface area contributed by atoms with Crippen LogP contribution < -0.4 is 10.2 Å². The molecule has 0 aliphatic carbocycles. The van der Waals surface area contributed by atoms with Crippen molar-refractivity contribution in [1.82, 2.24) is 24.5 Å². The van der Waals surface area contributed by atoms with Crippen molar-refractivity contribution in [3.63, 3.8) is 0 Å². The van der Waals surface area contributed by atoms with E-state index in [0.717, 1.165) is 62.5 Å². The Morgan fingerprint density at radius 1 is 1.03 bits per heavy atom.